The SMILES string of the molecule is CCn1cc(Oc2ncc(CCl)c(C)n2)cn1. The quantitative estimate of drug-likeness (QED) is 0.785. The van der Waals surface area contributed by atoms with Crippen LogP contribution in [0.2, 0.25) is 0 Å². The summed E-state index contributed by atoms with van der Waals surface area (Å²) >= 11 is 5.73. The molecule has 2 aromatic rings. The number of aromatic nitrogens is 4. The fourth-order valence-corrected chi connectivity index (χ4v) is 1.59. The van der Waals surface area contributed by atoms with Gasteiger partial charge in [-0.2, -0.15) is 10.1 Å². The summed E-state index contributed by atoms with van der Waals surface area (Å²) in [4.78, 5) is 8.31. The molecule has 0 aliphatic heterocycles. The molecule has 0 unspecified atom stereocenters. The number of hydrogen-bond acceptors (Lipinski definition) is 4. The predicted molar refractivity (Wildman–Crippen MR) is 64.3 cm³/mol. The third-order valence-corrected chi connectivity index (χ3v) is 2.63. The molecule has 0 aliphatic carbocycles. The van der Waals surface area contributed by atoms with E-state index in [4.69, 9.17) is 16.3 Å². The smallest absolute Gasteiger partial charge is 0.322 e. The Kier molecular flexibility index (Phi) is 3.58. The summed E-state index contributed by atoms with van der Waals surface area (Å²) < 4.78 is 7.27. The summed E-state index contributed by atoms with van der Waals surface area (Å²) in [6.07, 6.45) is 5.11. The first kappa shape index (κ1) is 11.9. The van der Waals surface area contributed by atoms with Crippen LogP contribution in [-0.4, -0.2) is 19.7 Å². The van der Waals surface area contributed by atoms with Crippen molar-refractivity contribution in [1.29, 1.82) is 0 Å². The van der Waals surface area contributed by atoms with Gasteiger partial charge in [-0.05, 0) is 13.8 Å². The molecule has 0 aromatic carbocycles. The number of halogens is 1. The monoisotopic (exact) mass is 252 g/mol. The van der Waals surface area contributed by atoms with Crippen molar-refractivity contribution >= 4 is 11.6 Å². The zero-order valence-corrected chi connectivity index (χ0v) is 10.5. The lowest BCUT2D eigenvalue weighted by molar-refractivity contribution is 0.438. The molecule has 17 heavy (non-hydrogen) atoms. The molecule has 0 amide bonds. The highest BCUT2D eigenvalue weighted by molar-refractivity contribution is 6.17. The minimum Gasteiger partial charge on any atom is -0.421 e. The highest BCUT2D eigenvalue weighted by atomic mass is 35.5. The Morgan fingerprint density at radius 1 is 1.41 bits per heavy atom. The lowest BCUT2D eigenvalue weighted by atomic mass is 10.3. The molecule has 6 heteroatoms. The van der Waals surface area contributed by atoms with E-state index in [1.165, 1.54) is 0 Å². The van der Waals surface area contributed by atoms with Gasteiger partial charge in [0.2, 0.25) is 0 Å². The van der Waals surface area contributed by atoms with Gasteiger partial charge in [-0.3, -0.25) is 4.68 Å². The van der Waals surface area contributed by atoms with Crippen LogP contribution in [0.25, 0.3) is 0 Å². The first-order valence-electron chi connectivity index (χ1n) is 5.31. The zero-order valence-electron chi connectivity index (χ0n) is 9.72. The van der Waals surface area contributed by atoms with Crippen LogP contribution in [-0.2, 0) is 12.4 Å². The molecule has 0 N–H and O–H groups in total. The molecular formula is C11H13ClN4O. The molecule has 0 saturated carbocycles. The third kappa shape index (κ3) is 2.74. The molecule has 0 fully saturated rings. The maximum Gasteiger partial charge on any atom is 0.322 e. The molecule has 0 radical (unpaired) electrons. The van der Waals surface area contributed by atoms with Crippen LogP contribution in [0, 0.1) is 6.92 Å². The molecule has 90 valence electrons. The fourth-order valence-electron chi connectivity index (χ4n) is 1.33. The number of nitrogens with zero attached hydrogens (tertiary/aromatic N) is 4. The van der Waals surface area contributed by atoms with Crippen molar-refractivity contribution in [3.63, 3.8) is 0 Å². The average molecular weight is 253 g/mol. The van der Waals surface area contributed by atoms with E-state index in [2.05, 4.69) is 15.1 Å². The van der Waals surface area contributed by atoms with Crippen molar-refractivity contribution in [2.24, 2.45) is 0 Å². The number of alkyl halides is 1. The largest absolute Gasteiger partial charge is 0.421 e. The summed E-state index contributed by atoms with van der Waals surface area (Å²) in [5, 5.41) is 4.10. The van der Waals surface area contributed by atoms with Gasteiger partial charge in [0.15, 0.2) is 5.75 Å². The van der Waals surface area contributed by atoms with E-state index < -0.39 is 0 Å². The number of rotatable bonds is 4. The molecule has 0 saturated heterocycles. The Hall–Kier alpha value is -1.62. The predicted octanol–water partition coefficient (Wildman–Crippen LogP) is 2.53. The van der Waals surface area contributed by atoms with Crippen molar-refractivity contribution in [3.05, 3.63) is 29.8 Å². The van der Waals surface area contributed by atoms with Crippen LogP contribution in [0.15, 0.2) is 18.6 Å². The van der Waals surface area contributed by atoms with Crippen molar-refractivity contribution in [3.8, 4) is 11.8 Å². The van der Waals surface area contributed by atoms with Gasteiger partial charge in [0, 0.05) is 24.0 Å². The lowest BCUT2D eigenvalue weighted by Gasteiger charge is -2.03. The van der Waals surface area contributed by atoms with Gasteiger partial charge in [-0.15, -0.1) is 11.6 Å². The van der Waals surface area contributed by atoms with Gasteiger partial charge in [0.05, 0.1) is 18.3 Å². The van der Waals surface area contributed by atoms with Crippen molar-refractivity contribution in [2.45, 2.75) is 26.3 Å². The van der Waals surface area contributed by atoms with Gasteiger partial charge < -0.3 is 4.74 Å². The highest BCUT2D eigenvalue weighted by Crippen LogP contribution is 2.18. The first-order valence-corrected chi connectivity index (χ1v) is 5.85. The number of ether oxygens (including phenoxy) is 1. The molecule has 5 nitrogen and oxygen atoms in total. The zero-order chi connectivity index (χ0) is 12.3. The van der Waals surface area contributed by atoms with Crippen molar-refractivity contribution in [2.75, 3.05) is 0 Å². The Labute approximate surface area is 104 Å². The van der Waals surface area contributed by atoms with Gasteiger partial charge in [-0.1, -0.05) is 0 Å². The van der Waals surface area contributed by atoms with Crippen LogP contribution >= 0.6 is 11.6 Å². The van der Waals surface area contributed by atoms with Crippen LogP contribution in [0.1, 0.15) is 18.2 Å². The summed E-state index contributed by atoms with van der Waals surface area (Å²) in [6, 6.07) is 0.312. The standard InChI is InChI=1S/C11H13ClN4O/c1-3-16-7-10(6-14-16)17-11-13-5-9(4-12)8(2)15-11/h5-7H,3-4H2,1-2H3. The molecule has 0 bridgehead atoms. The van der Waals surface area contributed by atoms with Gasteiger partial charge in [0.1, 0.15) is 0 Å². The second-order valence-corrected chi connectivity index (χ2v) is 3.80. The van der Waals surface area contributed by atoms with Crippen molar-refractivity contribution < 1.29 is 4.74 Å². The van der Waals surface area contributed by atoms with Gasteiger partial charge >= 0.3 is 6.01 Å². The molecule has 2 rings (SSSR count). The summed E-state index contributed by atoms with van der Waals surface area (Å²) in [7, 11) is 0. The number of aryl methyl sites for hydroxylation is 2. The lowest BCUT2D eigenvalue weighted by Crippen LogP contribution is -1.97. The molecule has 2 heterocycles. The third-order valence-electron chi connectivity index (χ3n) is 2.35. The number of hydrogen-bond donors (Lipinski definition) is 0. The van der Waals surface area contributed by atoms with E-state index in [1.807, 2.05) is 13.8 Å². The molecule has 2 aromatic heterocycles. The van der Waals surface area contributed by atoms with E-state index in [-0.39, 0.29) is 0 Å². The van der Waals surface area contributed by atoms with Crippen molar-refractivity contribution in [1.82, 2.24) is 19.7 Å². The van der Waals surface area contributed by atoms with E-state index in [0.29, 0.717) is 17.6 Å². The van der Waals surface area contributed by atoms with E-state index in [1.54, 1.807) is 23.3 Å². The summed E-state index contributed by atoms with van der Waals surface area (Å²) in [5.41, 5.74) is 1.73. The fraction of sp³-hybridized carbons (Fsp3) is 0.364. The Balaban J connectivity index is 2.15. The maximum absolute atomic E-state index is 5.73. The first-order chi connectivity index (χ1) is 8.22. The second-order valence-electron chi connectivity index (χ2n) is 3.53. The van der Waals surface area contributed by atoms with Gasteiger partial charge in [-0.25, -0.2) is 4.98 Å². The summed E-state index contributed by atoms with van der Waals surface area (Å²) in [6.45, 7) is 4.68. The van der Waals surface area contributed by atoms with Gasteiger partial charge in [0.25, 0.3) is 0 Å². The Morgan fingerprint density at radius 3 is 2.82 bits per heavy atom. The molecule has 0 atom stereocenters. The van der Waals surface area contributed by atoms with E-state index >= 15 is 0 Å². The highest BCUT2D eigenvalue weighted by Gasteiger charge is 2.06. The van der Waals surface area contributed by atoms with Crippen LogP contribution < -0.4 is 4.74 Å². The van der Waals surface area contributed by atoms with Crippen LogP contribution in [0.5, 0.6) is 11.8 Å². The van der Waals surface area contributed by atoms with Crippen LogP contribution in [0.3, 0.4) is 0 Å². The van der Waals surface area contributed by atoms with Crippen LogP contribution in [0.4, 0.5) is 0 Å². The Bertz CT molecular complexity index is 512. The second kappa shape index (κ2) is 5.14. The summed E-state index contributed by atoms with van der Waals surface area (Å²) in [5.74, 6) is 1.03. The van der Waals surface area contributed by atoms with E-state index in [9.17, 15) is 0 Å². The average Bonchev–Trinajstić information content (AvgIpc) is 2.77. The Morgan fingerprint density at radius 2 is 2.24 bits per heavy atom. The normalized spacial score (nSPS) is 10.5. The molecule has 0 spiro atoms. The molecular weight excluding hydrogens is 240 g/mol. The minimum atomic E-state index is 0.312. The minimum absolute atomic E-state index is 0.312. The molecule has 0 aliphatic rings. The topological polar surface area (TPSA) is 52.8 Å². The maximum atomic E-state index is 5.73. The van der Waals surface area contributed by atoms with E-state index in [0.717, 1.165) is 17.8 Å².